The Bertz CT molecular complexity index is 704. The van der Waals surface area contributed by atoms with E-state index in [1.54, 1.807) is 13.2 Å². The summed E-state index contributed by atoms with van der Waals surface area (Å²) in [6.45, 7) is 0.505. The molecule has 0 amide bonds. The summed E-state index contributed by atoms with van der Waals surface area (Å²) >= 11 is 6.61. The van der Waals surface area contributed by atoms with E-state index in [0.29, 0.717) is 17.8 Å². The van der Waals surface area contributed by atoms with Crippen molar-refractivity contribution in [2.24, 2.45) is 0 Å². The molecule has 0 unspecified atom stereocenters. The first-order chi connectivity index (χ1) is 9.06. The molecule has 0 spiro atoms. The lowest BCUT2D eigenvalue weighted by Gasteiger charge is -2.07. The fourth-order valence-corrected chi connectivity index (χ4v) is 4.08. The number of halogens is 3. The highest BCUT2D eigenvalue weighted by Gasteiger charge is 2.15. The molecule has 0 radical (unpaired) electrons. The van der Waals surface area contributed by atoms with E-state index in [4.69, 9.17) is 9.15 Å². The maximum atomic E-state index is 12.0. The van der Waals surface area contributed by atoms with E-state index in [0.717, 1.165) is 16.1 Å². The zero-order chi connectivity index (χ0) is 14.0. The van der Waals surface area contributed by atoms with Crippen LogP contribution in [0.2, 0.25) is 0 Å². The molecule has 0 N–H and O–H groups in total. The molecule has 0 aliphatic heterocycles. The van der Waals surface area contributed by atoms with Crippen LogP contribution in [0.3, 0.4) is 0 Å². The van der Waals surface area contributed by atoms with Gasteiger partial charge in [-0.15, -0.1) is 0 Å². The van der Waals surface area contributed by atoms with Gasteiger partial charge in [0.2, 0.25) is 0 Å². The second kappa shape index (κ2) is 6.85. The summed E-state index contributed by atoms with van der Waals surface area (Å²) in [5, 5.41) is 1.53. The van der Waals surface area contributed by atoms with Crippen molar-refractivity contribution in [3.05, 3.63) is 47.6 Å². The first-order valence-electron chi connectivity index (χ1n) is 5.31. The van der Waals surface area contributed by atoms with Gasteiger partial charge in [0.25, 0.3) is 0 Å². The van der Waals surface area contributed by atoms with Crippen LogP contribution >= 0.6 is 67.8 Å². The van der Waals surface area contributed by atoms with E-state index in [1.165, 1.54) is 0 Å². The summed E-state index contributed by atoms with van der Waals surface area (Å²) < 4.78 is 13.4. The minimum absolute atomic E-state index is 0.304. The Morgan fingerprint density at radius 2 is 1.89 bits per heavy atom. The molecule has 0 bridgehead atoms. The minimum Gasteiger partial charge on any atom is -0.421 e. The molecule has 0 atom stereocenters. The van der Waals surface area contributed by atoms with E-state index in [1.807, 2.05) is 18.2 Å². The van der Waals surface area contributed by atoms with Crippen LogP contribution in [0.15, 0.2) is 37.1 Å². The topological polar surface area (TPSA) is 39.4 Å². The van der Waals surface area contributed by atoms with Crippen molar-refractivity contribution in [2.45, 2.75) is 0 Å². The molecule has 2 rings (SSSR count). The minimum atomic E-state index is -0.304. The summed E-state index contributed by atoms with van der Waals surface area (Å²) in [6, 6.07) is 7.48. The van der Waals surface area contributed by atoms with Crippen molar-refractivity contribution in [1.82, 2.24) is 0 Å². The van der Waals surface area contributed by atoms with Gasteiger partial charge in [-0.2, -0.15) is 0 Å². The predicted molar refractivity (Wildman–Crippen MR) is 102 cm³/mol. The van der Waals surface area contributed by atoms with E-state index in [-0.39, 0.29) is 5.63 Å². The molecule has 0 fully saturated rings. The molecule has 1 aromatic carbocycles. The molecule has 1 heterocycles. The predicted octanol–water partition coefficient (Wildman–Crippen LogP) is 4.58. The van der Waals surface area contributed by atoms with Crippen LogP contribution in [0.25, 0.3) is 14.4 Å². The molecular formula is C13H9I3O3. The van der Waals surface area contributed by atoms with Gasteiger partial charge < -0.3 is 9.15 Å². The molecule has 0 aliphatic carbocycles. The van der Waals surface area contributed by atoms with Gasteiger partial charge in [-0.05, 0) is 73.8 Å². The number of rotatable bonds is 3. The third-order valence-corrected chi connectivity index (χ3v) is 6.58. The van der Waals surface area contributed by atoms with Gasteiger partial charge >= 0.3 is 5.63 Å². The van der Waals surface area contributed by atoms with E-state index in [2.05, 4.69) is 67.8 Å². The van der Waals surface area contributed by atoms with Gasteiger partial charge in [-0.25, -0.2) is 4.79 Å². The number of methoxy groups -OCH3 is 1. The van der Waals surface area contributed by atoms with Gasteiger partial charge in [0.05, 0.1) is 19.1 Å². The summed E-state index contributed by atoms with van der Waals surface area (Å²) in [6.07, 6.45) is 0. The van der Waals surface area contributed by atoms with Gasteiger partial charge in [0.1, 0.15) is 0 Å². The van der Waals surface area contributed by atoms with E-state index in [9.17, 15) is 4.79 Å². The largest absolute Gasteiger partial charge is 0.421 e. The van der Waals surface area contributed by atoms with Crippen LogP contribution in [-0.2, 0) is 4.74 Å². The number of benzene rings is 1. The number of fused-ring (bicyclic) bond motifs is 1. The van der Waals surface area contributed by atoms with Crippen LogP contribution in [0.1, 0.15) is 5.76 Å². The summed E-state index contributed by atoms with van der Waals surface area (Å²) in [5.74, 6) is 0.617. The average molecular weight is 594 g/mol. The first-order valence-corrected chi connectivity index (χ1v) is 8.54. The van der Waals surface area contributed by atoms with Crippen molar-refractivity contribution < 1.29 is 9.15 Å². The zero-order valence-corrected chi connectivity index (χ0v) is 16.3. The zero-order valence-electron chi connectivity index (χ0n) is 9.88. The summed E-state index contributed by atoms with van der Waals surface area (Å²) in [5.41, 5.74) is -0.304. The Hall–Kier alpha value is 0.320. The van der Waals surface area contributed by atoms with Crippen LogP contribution in [0.4, 0.5) is 0 Å². The molecule has 3 nitrogen and oxygen atoms in total. The summed E-state index contributed by atoms with van der Waals surface area (Å²) in [7, 11) is 1.64. The molecular weight excluding hydrogens is 585 g/mol. The first kappa shape index (κ1) is 15.7. The normalized spacial score (nSPS) is 12.6. The van der Waals surface area contributed by atoms with Crippen LogP contribution in [0, 0.1) is 3.57 Å². The molecule has 0 saturated heterocycles. The van der Waals surface area contributed by atoms with Crippen molar-refractivity contribution in [2.75, 3.05) is 13.7 Å². The molecule has 0 aliphatic rings. The van der Waals surface area contributed by atoms with Gasteiger partial charge in [0.15, 0.2) is 5.76 Å². The molecule has 1 aromatic heterocycles. The van der Waals surface area contributed by atoms with Crippen LogP contribution in [0.5, 0.6) is 0 Å². The Morgan fingerprint density at radius 1 is 1.26 bits per heavy atom. The quantitative estimate of drug-likeness (QED) is 0.489. The van der Waals surface area contributed by atoms with Crippen molar-refractivity contribution in [3.63, 3.8) is 0 Å². The van der Waals surface area contributed by atoms with Crippen molar-refractivity contribution in [1.29, 1.82) is 0 Å². The van der Waals surface area contributed by atoms with Crippen LogP contribution < -0.4 is 5.63 Å². The second-order valence-electron chi connectivity index (χ2n) is 3.73. The lowest BCUT2D eigenvalue weighted by molar-refractivity contribution is 0.233. The monoisotopic (exact) mass is 594 g/mol. The fourth-order valence-electron chi connectivity index (χ4n) is 1.62. The van der Waals surface area contributed by atoms with Gasteiger partial charge in [0, 0.05) is 16.1 Å². The Balaban J connectivity index is 2.73. The van der Waals surface area contributed by atoms with E-state index < -0.39 is 0 Å². The van der Waals surface area contributed by atoms with Gasteiger partial charge in [-0.3, -0.25) is 0 Å². The van der Waals surface area contributed by atoms with E-state index >= 15 is 0 Å². The van der Waals surface area contributed by atoms with Crippen molar-refractivity contribution >= 4 is 82.1 Å². The molecule has 19 heavy (non-hydrogen) atoms. The molecule has 100 valence electrons. The number of hydrogen-bond acceptors (Lipinski definition) is 3. The highest BCUT2D eigenvalue weighted by Crippen LogP contribution is 2.34. The molecule has 6 heteroatoms. The van der Waals surface area contributed by atoms with Crippen molar-refractivity contribution in [3.8, 4) is 0 Å². The lowest BCUT2D eigenvalue weighted by atomic mass is 10.1. The fraction of sp³-hybridized carbons (Fsp3) is 0.154. The van der Waals surface area contributed by atoms with Gasteiger partial charge in [-0.1, -0.05) is 18.2 Å². The highest BCUT2D eigenvalue weighted by atomic mass is 127. The Morgan fingerprint density at radius 3 is 2.53 bits per heavy atom. The average Bonchev–Trinajstić information content (AvgIpc) is 2.42. The number of hydrogen-bond donors (Lipinski definition) is 0. The molecule has 0 saturated carbocycles. The number of ether oxygens (including phenoxy) is 1. The van der Waals surface area contributed by atoms with Crippen LogP contribution in [-0.4, -0.2) is 13.7 Å². The maximum absolute atomic E-state index is 12.0. The summed E-state index contributed by atoms with van der Waals surface area (Å²) in [4.78, 5) is 12.0. The smallest absolute Gasteiger partial charge is 0.344 e. The third kappa shape index (κ3) is 3.32. The standard InChI is InChI=1S/C13H9I3O3/c1-18-6-9(14)11(16)12-10(15)7-4-2-3-5-8(7)13(17)19-12/h2-5H,6H2,1H3/b11-9+. The Kier molecular flexibility index (Phi) is 5.66. The maximum Gasteiger partial charge on any atom is 0.344 e. The SMILES string of the molecule is COC/C(I)=C(\I)c1oc(=O)c2ccccc2c1I. The molecule has 2 aromatic rings. The second-order valence-corrected chi connectivity index (χ2v) is 7.19. The Labute approximate surface area is 151 Å². The lowest BCUT2D eigenvalue weighted by Crippen LogP contribution is -2.04. The third-order valence-electron chi connectivity index (χ3n) is 2.49. The highest BCUT2D eigenvalue weighted by molar-refractivity contribution is 14.1.